The van der Waals surface area contributed by atoms with Gasteiger partial charge in [-0.3, -0.25) is 4.79 Å². The van der Waals surface area contributed by atoms with Crippen molar-refractivity contribution in [2.75, 3.05) is 13.1 Å². The van der Waals surface area contributed by atoms with Gasteiger partial charge in [-0.25, -0.2) is 0 Å². The largest absolute Gasteiger partial charge is 0.361 e. The van der Waals surface area contributed by atoms with Crippen molar-refractivity contribution in [2.24, 2.45) is 5.92 Å². The zero-order chi connectivity index (χ0) is 19.0. The molecule has 2 N–H and O–H groups in total. The molecule has 2 aromatic rings. The highest BCUT2D eigenvalue weighted by molar-refractivity contribution is 5.99. The van der Waals surface area contributed by atoms with E-state index in [1.165, 1.54) is 40.4 Å². The van der Waals surface area contributed by atoms with Crippen molar-refractivity contribution in [3.8, 4) is 0 Å². The van der Waals surface area contributed by atoms with E-state index in [-0.39, 0.29) is 17.9 Å². The van der Waals surface area contributed by atoms with E-state index in [0.29, 0.717) is 6.04 Å². The normalized spacial score (nSPS) is 21.3. The van der Waals surface area contributed by atoms with Crippen LogP contribution in [0.4, 0.5) is 0 Å². The van der Waals surface area contributed by atoms with E-state index < -0.39 is 0 Å². The van der Waals surface area contributed by atoms with Gasteiger partial charge < -0.3 is 15.2 Å². The number of hydrogen-bond donors (Lipinski definition) is 2. The van der Waals surface area contributed by atoms with Crippen molar-refractivity contribution in [1.29, 1.82) is 0 Å². The maximum Gasteiger partial charge on any atom is 0.231 e. The van der Waals surface area contributed by atoms with E-state index in [9.17, 15) is 4.79 Å². The molecule has 1 aliphatic carbocycles. The van der Waals surface area contributed by atoms with Gasteiger partial charge in [-0.2, -0.15) is 0 Å². The first-order valence-electron chi connectivity index (χ1n) is 10.4. The summed E-state index contributed by atoms with van der Waals surface area (Å²) in [4.78, 5) is 18.8. The van der Waals surface area contributed by atoms with Gasteiger partial charge in [0.25, 0.3) is 0 Å². The molecule has 0 fully saturated rings. The van der Waals surface area contributed by atoms with E-state index in [2.05, 4.69) is 66.4 Å². The minimum absolute atomic E-state index is 0.0731. The molecule has 1 amide bonds. The Bertz CT molecular complexity index is 864. The number of amides is 1. The lowest BCUT2D eigenvalue weighted by atomic mass is 9.80. The predicted octanol–water partition coefficient (Wildman–Crippen LogP) is 4.12. The molecule has 4 nitrogen and oxygen atoms in total. The second-order valence-corrected chi connectivity index (χ2v) is 8.27. The smallest absolute Gasteiger partial charge is 0.231 e. The number of benzene rings is 1. The second-order valence-electron chi connectivity index (χ2n) is 8.27. The predicted molar refractivity (Wildman–Crippen MR) is 112 cm³/mol. The molecule has 4 heteroatoms. The summed E-state index contributed by atoms with van der Waals surface area (Å²) in [5.74, 6) is 0.197. The number of carbonyl (C=O) groups excluding carboxylic acids is 1. The van der Waals surface area contributed by atoms with Gasteiger partial charge in [0.2, 0.25) is 5.91 Å². The lowest BCUT2D eigenvalue weighted by molar-refractivity contribution is -0.135. The Morgan fingerprint density at radius 2 is 2.15 bits per heavy atom. The Labute approximate surface area is 162 Å². The topological polar surface area (TPSA) is 48.1 Å². The molecule has 27 heavy (non-hydrogen) atoms. The average molecular weight is 366 g/mol. The summed E-state index contributed by atoms with van der Waals surface area (Å²) in [6, 6.07) is 7.01. The number of H-pyrrole nitrogens is 1. The van der Waals surface area contributed by atoms with E-state index in [4.69, 9.17) is 0 Å². The number of unbranched alkanes of at least 4 members (excludes halogenated alkanes) is 2. The fourth-order valence-corrected chi connectivity index (χ4v) is 4.63. The third kappa shape index (κ3) is 3.31. The van der Waals surface area contributed by atoms with E-state index in [1.54, 1.807) is 0 Å². The molecule has 0 saturated heterocycles. The summed E-state index contributed by atoms with van der Waals surface area (Å²) in [7, 11) is 0. The quantitative estimate of drug-likeness (QED) is 0.757. The number of aromatic amines is 1. The summed E-state index contributed by atoms with van der Waals surface area (Å²) in [5, 5.41) is 4.99. The van der Waals surface area contributed by atoms with Crippen LogP contribution in [-0.2, 0) is 11.2 Å². The van der Waals surface area contributed by atoms with Gasteiger partial charge >= 0.3 is 0 Å². The summed E-state index contributed by atoms with van der Waals surface area (Å²) in [6.45, 7) is 8.06. The zero-order valence-corrected chi connectivity index (χ0v) is 16.7. The minimum atomic E-state index is -0.0731. The number of aromatic nitrogens is 1. The van der Waals surface area contributed by atoms with Gasteiger partial charge in [-0.15, -0.1) is 0 Å². The fourth-order valence-electron chi connectivity index (χ4n) is 4.63. The highest BCUT2D eigenvalue weighted by Crippen LogP contribution is 2.38. The number of fused-ring (bicyclic) bond motifs is 2. The average Bonchev–Trinajstić information content (AvgIpc) is 3.09. The van der Waals surface area contributed by atoms with Gasteiger partial charge in [0.1, 0.15) is 0 Å². The number of nitrogens with one attached hydrogen (secondary N) is 2. The van der Waals surface area contributed by atoms with Crippen LogP contribution < -0.4 is 5.32 Å². The van der Waals surface area contributed by atoms with Crippen molar-refractivity contribution in [2.45, 2.75) is 58.5 Å². The Morgan fingerprint density at radius 3 is 2.93 bits per heavy atom. The van der Waals surface area contributed by atoms with E-state index >= 15 is 0 Å². The lowest BCUT2D eigenvalue weighted by Crippen LogP contribution is -2.48. The molecule has 2 atom stereocenters. The first kappa shape index (κ1) is 18.3. The molecule has 2 heterocycles. The first-order valence-corrected chi connectivity index (χ1v) is 10.4. The van der Waals surface area contributed by atoms with Gasteiger partial charge in [0.15, 0.2) is 0 Å². The molecule has 0 unspecified atom stereocenters. The highest BCUT2D eigenvalue weighted by atomic mass is 16.2. The third-order valence-electron chi connectivity index (χ3n) is 6.09. The molecule has 0 bridgehead atoms. The van der Waals surface area contributed by atoms with Crippen molar-refractivity contribution in [1.82, 2.24) is 15.2 Å². The summed E-state index contributed by atoms with van der Waals surface area (Å²) >= 11 is 0. The van der Waals surface area contributed by atoms with Crippen LogP contribution in [0.5, 0.6) is 0 Å². The first-order chi connectivity index (χ1) is 13.1. The van der Waals surface area contributed by atoms with Crippen LogP contribution >= 0.6 is 0 Å². The molecular formula is C23H31N3O. The van der Waals surface area contributed by atoms with Crippen molar-refractivity contribution in [3.05, 3.63) is 41.6 Å². The van der Waals surface area contributed by atoms with Crippen LogP contribution in [0.25, 0.3) is 16.5 Å². The Morgan fingerprint density at radius 1 is 1.30 bits per heavy atom. The summed E-state index contributed by atoms with van der Waals surface area (Å²) in [6.07, 6.45) is 8.84. The number of nitrogens with zero attached hydrogens (tertiary/aromatic N) is 1. The van der Waals surface area contributed by atoms with Gasteiger partial charge in [-0.05, 0) is 49.5 Å². The van der Waals surface area contributed by atoms with E-state index in [0.717, 1.165) is 25.9 Å². The summed E-state index contributed by atoms with van der Waals surface area (Å²) < 4.78 is 0. The van der Waals surface area contributed by atoms with Crippen LogP contribution in [0.15, 0.2) is 30.5 Å². The second kappa shape index (κ2) is 7.51. The molecular weight excluding hydrogens is 334 g/mol. The van der Waals surface area contributed by atoms with Gasteiger partial charge in [0.05, 0.1) is 5.92 Å². The molecule has 0 spiro atoms. The van der Waals surface area contributed by atoms with Crippen LogP contribution in [-0.4, -0.2) is 41.0 Å². The van der Waals surface area contributed by atoms with Crippen LogP contribution in [0, 0.1) is 5.92 Å². The van der Waals surface area contributed by atoms with Crippen molar-refractivity contribution >= 4 is 22.4 Å². The zero-order valence-electron chi connectivity index (χ0n) is 16.7. The SMILES string of the molecule is CCCCCN(C(=O)[C@@H]1C=C2c3cccc4[nH]cc(c34)C[C@H]2NC1)C(C)C. The highest BCUT2D eigenvalue weighted by Gasteiger charge is 2.34. The standard InChI is InChI=1S/C23H31N3O/c1-4-5-6-10-26(15(2)3)23(27)17-11-19-18-8-7-9-20-22(18)16(13-24-20)12-21(19)25-14-17/h7-9,11,13,15,17,21,24-25H,4-6,10,12,14H2,1-3H3/t17-,21-/m1/s1. The Hall–Kier alpha value is -2.07. The van der Waals surface area contributed by atoms with Crippen LogP contribution in [0.3, 0.4) is 0 Å². The van der Waals surface area contributed by atoms with Gasteiger partial charge in [0, 0.05) is 42.3 Å². The Kier molecular flexibility index (Phi) is 5.09. The van der Waals surface area contributed by atoms with Crippen LogP contribution in [0.2, 0.25) is 0 Å². The number of rotatable bonds is 6. The van der Waals surface area contributed by atoms with Crippen LogP contribution in [0.1, 0.15) is 51.2 Å². The third-order valence-corrected chi connectivity index (χ3v) is 6.09. The van der Waals surface area contributed by atoms with Crippen molar-refractivity contribution < 1.29 is 4.79 Å². The van der Waals surface area contributed by atoms with Gasteiger partial charge in [-0.1, -0.05) is 38.0 Å². The Balaban J connectivity index is 1.63. The maximum atomic E-state index is 13.3. The monoisotopic (exact) mass is 365 g/mol. The van der Waals surface area contributed by atoms with E-state index in [1.807, 2.05) is 0 Å². The number of hydrogen-bond acceptors (Lipinski definition) is 2. The van der Waals surface area contributed by atoms with Crippen molar-refractivity contribution in [3.63, 3.8) is 0 Å². The minimum Gasteiger partial charge on any atom is -0.361 e. The fraction of sp³-hybridized carbons (Fsp3) is 0.522. The molecule has 1 aliphatic heterocycles. The molecule has 0 saturated carbocycles. The molecule has 0 radical (unpaired) electrons. The maximum absolute atomic E-state index is 13.3. The molecule has 2 aliphatic rings. The molecule has 1 aromatic carbocycles. The summed E-state index contributed by atoms with van der Waals surface area (Å²) in [5.41, 5.74) is 5.16. The molecule has 4 rings (SSSR count). The lowest BCUT2D eigenvalue weighted by Gasteiger charge is -2.36. The number of carbonyl (C=O) groups is 1. The molecule has 1 aromatic heterocycles. The molecule has 144 valence electrons.